The summed E-state index contributed by atoms with van der Waals surface area (Å²) in [5.74, 6) is 0.341. The smallest absolute Gasteiger partial charge is 0.152 e. The minimum atomic E-state index is -0.367. The second-order valence-electron chi connectivity index (χ2n) is 8.37. The molecule has 19 heavy (non-hydrogen) atoms. The number of carbonyl (C=O) groups is 2. The second kappa shape index (κ2) is 5.74. The Labute approximate surface area is 118 Å². The van der Waals surface area contributed by atoms with Gasteiger partial charge in [-0.3, -0.25) is 14.5 Å². The maximum absolute atomic E-state index is 12.2. The van der Waals surface area contributed by atoms with Gasteiger partial charge in [0.05, 0.1) is 13.1 Å². The number of nitrogens with zero attached hydrogens (tertiary/aromatic N) is 1. The first-order chi connectivity index (χ1) is 8.15. The monoisotopic (exact) mass is 269 g/mol. The Bertz CT molecular complexity index is 309. The second-order valence-corrected chi connectivity index (χ2v) is 8.37. The molecule has 0 fully saturated rings. The van der Waals surface area contributed by atoms with Crippen molar-refractivity contribution in [2.45, 2.75) is 67.9 Å². The number of rotatable bonds is 4. The Hall–Kier alpha value is -0.700. The van der Waals surface area contributed by atoms with E-state index in [2.05, 4.69) is 0 Å². The van der Waals surface area contributed by atoms with Crippen molar-refractivity contribution >= 4 is 11.6 Å². The summed E-state index contributed by atoms with van der Waals surface area (Å²) in [6.07, 6.45) is 0. The summed E-state index contributed by atoms with van der Waals surface area (Å²) in [6.45, 7) is 18.3. The van der Waals surface area contributed by atoms with E-state index >= 15 is 0 Å². The Balaban J connectivity index is 4.98. The Morgan fingerprint density at radius 1 is 0.684 bits per heavy atom. The molecule has 0 aromatic rings. The summed E-state index contributed by atoms with van der Waals surface area (Å²) in [6, 6.07) is 0. The molecule has 0 aromatic heterocycles. The van der Waals surface area contributed by atoms with Gasteiger partial charge in [0.15, 0.2) is 11.6 Å². The molecule has 3 heteroatoms. The zero-order valence-corrected chi connectivity index (χ0v) is 14.2. The molecule has 0 unspecified atom stereocenters. The summed E-state index contributed by atoms with van der Waals surface area (Å²) >= 11 is 0. The van der Waals surface area contributed by atoms with Gasteiger partial charge in [0, 0.05) is 16.4 Å². The molecule has 3 nitrogen and oxygen atoms in total. The van der Waals surface area contributed by atoms with E-state index in [-0.39, 0.29) is 27.9 Å². The summed E-state index contributed by atoms with van der Waals surface area (Å²) < 4.78 is 0. The van der Waals surface area contributed by atoms with Gasteiger partial charge in [-0.05, 0) is 20.8 Å². The van der Waals surface area contributed by atoms with E-state index < -0.39 is 0 Å². The minimum Gasteiger partial charge on any atom is -0.298 e. The predicted octanol–water partition coefficient (Wildman–Crippen LogP) is 3.32. The summed E-state index contributed by atoms with van der Waals surface area (Å²) in [7, 11) is 0. The van der Waals surface area contributed by atoms with E-state index in [4.69, 9.17) is 0 Å². The van der Waals surface area contributed by atoms with Crippen LogP contribution in [0.2, 0.25) is 0 Å². The third-order valence-corrected chi connectivity index (χ3v) is 3.29. The maximum atomic E-state index is 12.2. The molecule has 0 N–H and O–H groups in total. The Morgan fingerprint density at radius 3 is 1.11 bits per heavy atom. The number of Topliss-reactive ketones (excluding diaryl/α,β-unsaturated/α-hetero) is 2. The highest BCUT2D eigenvalue weighted by Gasteiger charge is 2.32. The maximum Gasteiger partial charge on any atom is 0.152 e. The highest BCUT2D eigenvalue weighted by atomic mass is 16.1. The van der Waals surface area contributed by atoms with Gasteiger partial charge in [-0.15, -0.1) is 0 Å². The molecule has 0 rings (SSSR count). The number of hydrogen-bond acceptors (Lipinski definition) is 3. The van der Waals surface area contributed by atoms with Crippen molar-refractivity contribution in [1.82, 2.24) is 4.90 Å². The standard InChI is InChI=1S/C16H31NO2/c1-14(2,3)12(18)10-17(16(7,8)9)11-13(19)15(4,5)6/h10-11H2,1-9H3. The van der Waals surface area contributed by atoms with Crippen LogP contribution >= 0.6 is 0 Å². The molecular weight excluding hydrogens is 238 g/mol. The minimum absolute atomic E-state index is 0.170. The molecule has 0 amide bonds. The van der Waals surface area contributed by atoms with Crippen LogP contribution in [0.5, 0.6) is 0 Å². The zero-order chi connectivity index (χ0) is 15.6. The van der Waals surface area contributed by atoms with Crippen molar-refractivity contribution in [3.63, 3.8) is 0 Å². The van der Waals surface area contributed by atoms with Gasteiger partial charge in [-0.25, -0.2) is 0 Å². The number of hydrogen-bond donors (Lipinski definition) is 0. The van der Waals surface area contributed by atoms with Gasteiger partial charge >= 0.3 is 0 Å². The van der Waals surface area contributed by atoms with Crippen LogP contribution in [-0.4, -0.2) is 35.1 Å². The molecule has 0 aliphatic carbocycles. The molecule has 0 aromatic carbocycles. The number of ketones is 2. The molecule has 112 valence electrons. The van der Waals surface area contributed by atoms with Gasteiger partial charge < -0.3 is 0 Å². The number of carbonyl (C=O) groups excluding carboxylic acids is 2. The molecule has 0 atom stereocenters. The van der Waals surface area contributed by atoms with Gasteiger partial charge in [0.1, 0.15) is 0 Å². The molecule has 0 saturated carbocycles. The molecule has 0 saturated heterocycles. The highest BCUT2D eigenvalue weighted by molar-refractivity contribution is 5.88. The summed E-state index contributed by atoms with van der Waals surface area (Å²) in [5.41, 5.74) is -0.926. The zero-order valence-electron chi connectivity index (χ0n) is 14.2. The lowest BCUT2D eigenvalue weighted by atomic mass is 9.87. The van der Waals surface area contributed by atoms with Crippen molar-refractivity contribution in [3.05, 3.63) is 0 Å². The van der Waals surface area contributed by atoms with Crippen LogP contribution in [0.4, 0.5) is 0 Å². The van der Waals surface area contributed by atoms with Crippen molar-refractivity contribution in [2.75, 3.05) is 13.1 Å². The van der Waals surface area contributed by atoms with Crippen molar-refractivity contribution < 1.29 is 9.59 Å². The lowest BCUT2D eigenvalue weighted by Gasteiger charge is -2.37. The molecule has 0 bridgehead atoms. The lowest BCUT2D eigenvalue weighted by molar-refractivity contribution is -0.133. The van der Waals surface area contributed by atoms with Crippen LogP contribution in [0.3, 0.4) is 0 Å². The topological polar surface area (TPSA) is 37.4 Å². The molecule has 0 radical (unpaired) electrons. The molecule has 0 heterocycles. The van der Waals surface area contributed by atoms with E-state index in [1.165, 1.54) is 0 Å². The van der Waals surface area contributed by atoms with E-state index in [1.54, 1.807) is 0 Å². The van der Waals surface area contributed by atoms with Crippen molar-refractivity contribution in [1.29, 1.82) is 0 Å². The third-order valence-electron chi connectivity index (χ3n) is 3.29. The summed E-state index contributed by atoms with van der Waals surface area (Å²) in [4.78, 5) is 26.4. The quantitative estimate of drug-likeness (QED) is 0.785. The van der Waals surface area contributed by atoms with Crippen molar-refractivity contribution in [2.24, 2.45) is 10.8 Å². The molecular formula is C16H31NO2. The average molecular weight is 269 g/mol. The fourth-order valence-corrected chi connectivity index (χ4v) is 1.35. The Morgan fingerprint density at radius 2 is 0.947 bits per heavy atom. The van der Waals surface area contributed by atoms with Crippen LogP contribution in [0.25, 0.3) is 0 Å². The largest absolute Gasteiger partial charge is 0.298 e. The first kappa shape index (κ1) is 18.3. The molecule has 0 spiro atoms. The van der Waals surface area contributed by atoms with Gasteiger partial charge in [0.25, 0.3) is 0 Å². The van der Waals surface area contributed by atoms with E-state index in [1.807, 2.05) is 67.2 Å². The summed E-state index contributed by atoms with van der Waals surface area (Å²) in [5, 5.41) is 0. The van der Waals surface area contributed by atoms with Gasteiger partial charge in [-0.2, -0.15) is 0 Å². The van der Waals surface area contributed by atoms with E-state index in [9.17, 15) is 9.59 Å². The van der Waals surface area contributed by atoms with Crippen LogP contribution < -0.4 is 0 Å². The fourth-order valence-electron chi connectivity index (χ4n) is 1.35. The Kier molecular flexibility index (Phi) is 5.53. The van der Waals surface area contributed by atoms with Crippen molar-refractivity contribution in [3.8, 4) is 0 Å². The molecule has 0 aliphatic heterocycles. The lowest BCUT2D eigenvalue weighted by Crippen LogP contribution is -2.50. The van der Waals surface area contributed by atoms with E-state index in [0.29, 0.717) is 13.1 Å². The third kappa shape index (κ3) is 6.33. The van der Waals surface area contributed by atoms with Gasteiger partial charge in [-0.1, -0.05) is 41.5 Å². The van der Waals surface area contributed by atoms with Crippen LogP contribution in [0, 0.1) is 10.8 Å². The van der Waals surface area contributed by atoms with Crippen LogP contribution in [0.1, 0.15) is 62.3 Å². The highest BCUT2D eigenvalue weighted by Crippen LogP contribution is 2.22. The molecule has 0 aliphatic rings. The van der Waals surface area contributed by atoms with Gasteiger partial charge in [0.2, 0.25) is 0 Å². The normalized spacial score (nSPS) is 13.8. The SMILES string of the molecule is CC(C)(C)C(=O)CN(CC(=O)C(C)(C)C)C(C)(C)C. The first-order valence-corrected chi connectivity index (χ1v) is 6.97. The fraction of sp³-hybridized carbons (Fsp3) is 0.875. The van der Waals surface area contributed by atoms with Crippen LogP contribution in [-0.2, 0) is 9.59 Å². The first-order valence-electron chi connectivity index (χ1n) is 6.97. The van der Waals surface area contributed by atoms with Crippen LogP contribution in [0.15, 0.2) is 0 Å². The average Bonchev–Trinajstić information content (AvgIpc) is 2.11. The van der Waals surface area contributed by atoms with E-state index in [0.717, 1.165) is 0 Å². The predicted molar refractivity (Wildman–Crippen MR) is 80.3 cm³/mol.